The number of carbonyl (C=O) groups is 1. The molecule has 216 valence electrons. The van der Waals surface area contributed by atoms with Gasteiger partial charge in [0.1, 0.15) is 24.7 Å². The Morgan fingerprint density at radius 2 is 1.45 bits per heavy atom. The van der Waals surface area contributed by atoms with E-state index in [2.05, 4.69) is 52.8 Å². The Morgan fingerprint density at radius 1 is 0.800 bits per heavy atom. The SMILES string of the molecule is CCOC(=O)C(Cc1ccc(OCCn2c(C)ccc2-c2ccc(OCCN3CCCCC3)cc2)cc1)OCC. The molecule has 3 aromatic rings. The van der Waals surface area contributed by atoms with Crippen LogP contribution in [0.2, 0.25) is 0 Å². The lowest BCUT2D eigenvalue weighted by molar-refractivity contribution is -0.156. The number of nitrogens with zero attached hydrogens (tertiary/aromatic N) is 2. The quantitative estimate of drug-likeness (QED) is 0.220. The number of ether oxygens (including phenoxy) is 4. The van der Waals surface area contributed by atoms with Gasteiger partial charge in [-0.15, -0.1) is 0 Å². The number of piperidine rings is 1. The molecule has 0 aliphatic carbocycles. The summed E-state index contributed by atoms with van der Waals surface area (Å²) >= 11 is 0. The van der Waals surface area contributed by atoms with Crippen molar-refractivity contribution >= 4 is 5.97 Å². The topological polar surface area (TPSA) is 62.2 Å². The number of carbonyl (C=O) groups excluding carboxylic acids is 1. The summed E-state index contributed by atoms with van der Waals surface area (Å²) in [5.74, 6) is 1.39. The van der Waals surface area contributed by atoms with Crippen LogP contribution in [-0.4, -0.2) is 67.6 Å². The fourth-order valence-corrected chi connectivity index (χ4v) is 5.15. The Hall–Kier alpha value is -3.29. The van der Waals surface area contributed by atoms with Crippen molar-refractivity contribution in [3.05, 3.63) is 71.9 Å². The third kappa shape index (κ3) is 8.60. The van der Waals surface area contributed by atoms with Crippen molar-refractivity contribution in [3.8, 4) is 22.8 Å². The molecule has 0 amide bonds. The summed E-state index contributed by atoms with van der Waals surface area (Å²) in [6.45, 7) is 12.0. The van der Waals surface area contributed by atoms with Crippen LogP contribution < -0.4 is 9.47 Å². The van der Waals surface area contributed by atoms with Gasteiger partial charge in [0.15, 0.2) is 6.10 Å². The van der Waals surface area contributed by atoms with Crippen molar-refractivity contribution in [1.29, 1.82) is 0 Å². The molecule has 1 aliphatic rings. The summed E-state index contributed by atoms with van der Waals surface area (Å²) < 4.78 is 25.1. The zero-order valence-electron chi connectivity index (χ0n) is 24.3. The highest BCUT2D eigenvalue weighted by Crippen LogP contribution is 2.25. The maximum Gasteiger partial charge on any atom is 0.335 e. The fourth-order valence-electron chi connectivity index (χ4n) is 5.15. The predicted octanol–water partition coefficient (Wildman–Crippen LogP) is 5.92. The number of esters is 1. The molecule has 0 radical (unpaired) electrons. The number of benzene rings is 2. The number of rotatable bonds is 15. The van der Waals surface area contributed by atoms with Crippen molar-refractivity contribution in [2.45, 2.75) is 59.1 Å². The van der Waals surface area contributed by atoms with Crippen LogP contribution in [0, 0.1) is 6.92 Å². The van der Waals surface area contributed by atoms with Crippen LogP contribution in [-0.2, 0) is 27.2 Å². The van der Waals surface area contributed by atoms with Crippen molar-refractivity contribution < 1.29 is 23.7 Å². The summed E-state index contributed by atoms with van der Waals surface area (Å²) in [4.78, 5) is 14.6. The van der Waals surface area contributed by atoms with E-state index < -0.39 is 6.10 Å². The van der Waals surface area contributed by atoms with Gasteiger partial charge in [-0.25, -0.2) is 4.79 Å². The molecule has 7 heteroatoms. The van der Waals surface area contributed by atoms with Crippen molar-refractivity contribution in [2.75, 3.05) is 46.1 Å². The molecule has 7 nitrogen and oxygen atoms in total. The normalized spacial score (nSPS) is 14.6. The maximum atomic E-state index is 12.1. The summed E-state index contributed by atoms with van der Waals surface area (Å²) in [5, 5.41) is 0. The fraction of sp³-hybridized carbons (Fsp3) is 0.485. The molecule has 0 N–H and O–H groups in total. The Bertz CT molecular complexity index is 1170. The van der Waals surface area contributed by atoms with Crippen LogP contribution in [0.1, 0.15) is 44.4 Å². The molecule has 1 atom stereocenters. The van der Waals surface area contributed by atoms with E-state index in [4.69, 9.17) is 18.9 Å². The lowest BCUT2D eigenvalue weighted by Crippen LogP contribution is -2.33. The highest BCUT2D eigenvalue weighted by Gasteiger charge is 2.20. The van der Waals surface area contributed by atoms with E-state index in [1.54, 1.807) is 6.92 Å². The Labute approximate surface area is 239 Å². The first-order chi connectivity index (χ1) is 19.6. The molecule has 0 bridgehead atoms. The smallest absolute Gasteiger partial charge is 0.335 e. The van der Waals surface area contributed by atoms with Gasteiger partial charge in [0, 0.05) is 31.0 Å². The third-order valence-corrected chi connectivity index (χ3v) is 7.32. The zero-order chi connectivity index (χ0) is 28.2. The molecule has 1 aliphatic heterocycles. The van der Waals surface area contributed by atoms with Crippen LogP contribution in [0.15, 0.2) is 60.7 Å². The molecule has 40 heavy (non-hydrogen) atoms. The zero-order valence-corrected chi connectivity index (χ0v) is 24.3. The van der Waals surface area contributed by atoms with Crippen molar-refractivity contribution in [1.82, 2.24) is 9.47 Å². The minimum atomic E-state index is -0.591. The molecule has 1 unspecified atom stereocenters. The summed E-state index contributed by atoms with van der Waals surface area (Å²) in [7, 11) is 0. The Balaban J connectivity index is 1.27. The maximum absolute atomic E-state index is 12.1. The Morgan fingerprint density at radius 3 is 2.10 bits per heavy atom. The van der Waals surface area contributed by atoms with Gasteiger partial charge in [-0.2, -0.15) is 0 Å². The number of likely N-dealkylation sites (tertiary alicyclic amines) is 1. The molecule has 0 spiro atoms. The van der Waals surface area contributed by atoms with Crippen molar-refractivity contribution in [2.24, 2.45) is 0 Å². The molecule has 2 aromatic carbocycles. The van der Waals surface area contributed by atoms with E-state index in [1.165, 1.54) is 38.0 Å². The van der Waals surface area contributed by atoms with Gasteiger partial charge in [0.2, 0.25) is 0 Å². The summed E-state index contributed by atoms with van der Waals surface area (Å²) in [5.41, 5.74) is 4.52. The second kappa shape index (κ2) is 15.5. The van der Waals surface area contributed by atoms with Gasteiger partial charge >= 0.3 is 5.97 Å². The average Bonchev–Trinajstić information content (AvgIpc) is 3.34. The summed E-state index contributed by atoms with van der Waals surface area (Å²) in [6.07, 6.45) is 3.85. The number of hydrogen-bond donors (Lipinski definition) is 0. The van der Waals surface area contributed by atoms with Gasteiger partial charge in [-0.3, -0.25) is 4.90 Å². The first kappa shape index (κ1) is 29.7. The van der Waals surface area contributed by atoms with Crippen LogP contribution >= 0.6 is 0 Å². The van der Waals surface area contributed by atoms with E-state index in [0.29, 0.717) is 26.2 Å². The van der Waals surface area contributed by atoms with E-state index in [-0.39, 0.29) is 5.97 Å². The predicted molar refractivity (Wildman–Crippen MR) is 158 cm³/mol. The molecule has 1 saturated heterocycles. The first-order valence-corrected chi connectivity index (χ1v) is 14.7. The lowest BCUT2D eigenvalue weighted by Gasteiger charge is -2.26. The molecular weight excluding hydrogens is 504 g/mol. The van der Waals surface area contributed by atoms with Crippen LogP contribution in [0.3, 0.4) is 0 Å². The largest absolute Gasteiger partial charge is 0.492 e. The average molecular weight is 549 g/mol. The van der Waals surface area contributed by atoms with Crippen LogP contribution in [0.5, 0.6) is 11.5 Å². The van der Waals surface area contributed by atoms with Crippen LogP contribution in [0.25, 0.3) is 11.3 Å². The number of aromatic nitrogens is 1. The molecule has 0 saturated carbocycles. The van der Waals surface area contributed by atoms with Gasteiger partial charge in [-0.05, 0) is 106 Å². The van der Waals surface area contributed by atoms with E-state index in [0.717, 1.165) is 48.0 Å². The van der Waals surface area contributed by atoms with Gasteiger partial charge < -0.3 is 23.5 Å². The van der Waals surface area contributed by atoms with E-state index in [1.807, 2.05) is 31.2 Å². The highest BCUT2D eigenvalue weighted by molar-refractivity contribution is 5.75. The third-order valence-electron chi connectivity index (χ3n) is 7.32. The molecule has 4 rings (SSSR count). The minimum Gasteiger partial charge on any atom is -0.492 e. The number of hydrogen-bond acceptors (Lipinski definition) is 6. The number of aryl methyl sites for hydroxylation is 1. The molecule has 1 fully saturated rings. The second-order valence-electron chi connectivity index (χ2n) is 10.2. The highest BCUT2D eigenvalue weighted by atomic mass is 16.6. The van der Waals surface area contributed by atoms with E-state index >= 15 is 0 Å². The Kier molecular flexibility index (Phi) is 11.5. The first-order valence-electron chi connectivity index (χ1n) is 14.7. The van der Waals surface area contributed by atoms with E-state index in [9.17, 15) is 4.79 Å². The molecular formula is C33H44N2O5. The van der Waals surface area contributed by atoms with Gasteiger partial charge in [0.25, 0.3) is 0 Å². The summed E-state index contributed by atoms with van der Waals surface area (Å²) in [6, 6.07) is 20.5. The molecule has 1 aromatic heterocycles. The minimum absolute atomic E-state index is 0.322. The van der Waals surface area contributed by atoms with Crippen LogP contribution in [0.4, 0.5) is 0 Å². The van der Waals surface area contributed by atoms with Crippen molar-refractivity contribution in [3.63, 3.8) is 0 Å². The second-order valence-corrected chi connectivity index (χ2v) is 10.2. The monoisotopic (exact) mass is 548 g/mol. The lowest BCUT2D eigenvalue weighted by atomic mass is 10.1. The van der Waals surface area contributed by atoms with Gasteiger partial charge in [-0.1, -0.05) is 18.6 Å². The molecule has 2 heterocycles. The standard InChI is InChI=1S/C33H44N2O5/c1-4-37-32(33(36)38-5-2)25-27-10-14-29(15-11-27)40-24-22-35-26(3)9-18-31(35)28-12-16-30(17-13-28)39-23-21-34-19-7-6-8-20-34/h9-18,32H,4-8,19-25H2,1-3H3. The van der Waals surface area contributed by atoms with Gasteiger partial charge in [0.05, 0.1) is 13.2 Å².